The summed E-state index contributed by atoms with van der Waals surface area (Å²) in [6, 6.07) is 8.00. The fourth-order valence-corrected chi connectivity index (χ4v) is 4.27. The van der Waals surface area contributed by atoms with Gasteiger partial charge in [-0.05, 0) is 36.4 Å². The van der Waals surface area contributed by atoms with Crippen molar-refractivity contribution < 1.29 is 0 Å². The fourth-order valence-electron chi connectivity index (χ4n) is 2.54. The third kappa shape index (κ3) is 3.74. The summed E-state index contributed by atoms with van der Waals surface area (Å²) in [7, 11) is 1.69. The first kappa shape index (κ1) is 18.8. The smallest absolute Gasteiger partial charge is 0.172 e. The van der Waals surface area contributed by atoms with Crippen LogP contribution >= 0.6 is 22.7 Å². The van der Waals surface area contributed by atoms with Crippen LogP contribution in [-0.4, -0.2) is 34.6 Å². The first-order chi connectivity index (χ1) is 13.3. The van der Waals surface area contributed by atoms with Gasteiger partial charge in [-0.1, -0.05) is 0 Å². The molecule has 134 valence electrons. The first-order valence-electron chi connectivity index (χ1n) is 7.99. The molecule has 4 aromatic rings. The zero-order chi connectivity index (χ0) is 19.2. The third-order valence-corrected chi connectivity index (χ3v) is 5.61. The third-order valence-electron chi connectivity index (χ3n) is 3.69. The van der Waals surface area contributed by atoms with Gasteiger partial charge in [-0.3, -0.25) is 9.98 Å². The van der Waals surface area contributed by atoms with E-state index in [2.05, 4.69) is 51.3 Å². The number of thiophene rings is 1. The molecule has 0 fully saturated rings. The van der Waals surface area contributed by atoms with Crippen LogP contribution in [0, 0.1) is 0 Å². The molecule has 0 atom stereocenters. The van der Waals surface area contributed by atoms with Crippen molar-refractivity contribution in [1.29, 1.82) is 0 Å². The van der Waals surface area contributed by atoms with Gasteiger partial charge in [0.05, 0.1) is 10.6 Å². The van der Waals surface area contributed by atoms with Gasteiger partial charge < -0.3 is 0 Å². The summed E-state index contributed by atoms with van der Waals surface area (Å²) in [5, 5.41) is 4.09. The molecule has 0 spiro atoms. The largest absolute Gasteiger partial charge is 0.268 e. The Morgan fingerprint density at radius 3 is 2.74 bits per heavy atom. The number of aromatic nitrogens is 3. The van der Waals surface area contributed by atoms with Crippen molar-refractivity contribution in [2.24, 2.45) is 9.98 Å². The van der Waals surface area contributed by atoms with Gasteiger partial charge in [0.15, 0.2) is 5.84 Å². The van der Waals surface area contributed by atoms with E-state index in [0.29, 0.717) is 5.84 Å². The maximum atomic E-state index is 4.79. The van der Waals surface area contributed by atoms with Crippen LogP contribution in [0.2, 0.25) is 0 Å². The second kappa shape index (κ2) is 8.57. The van der Waals surface area contributed by atoms with E-state index in [4.69, 9.17) is 4.98 Å². The van der Waals surface area contributed by atoms with E-state index in [0.717, 1.165) is 36.9 Å². The zero-order valence-corrected chi connectivity index (χ0v) is 16.4. The summed E-state index contributed by atoms with van der Waals surface area (Å²) < 4.78 is 1.14. The molecule has 0 radical (unpaired) electrons. The molecule has 7 heteroatoms. The van der Waals surface area contributed by atoms with Crippen LogP contribution in [0.5, 0.6) is 0 Å². The molecule has 0 unspecified atom stereocenters. The SMILES string of the molecule is C=C.C=NC(=NC)c1cc2sccc2c(-c2cnc(-c3cccnc3)s2)n1. The molecule has 4 heterocycles. The Kier molecular flexibility index (Phi) is 5.95. The molecular formula is C20H17N5S2. The van der Waals surface area contributed by atoms with Crippen molar-refractivity contribution in [3.05, 3.63) is 67.1 Å². The fraction of sp³-hybridized carbons (Fsp3) is 0.0500. The van der Waals surface area contributed by atoms with E-state index < -0.39 is 0 Å². The number of thiazole rings is 1. The summed E-state index contributed by atoms with van der Waals surface area (Å²) in [6.07, 6.45) is 5.43. The van der Waals surface area contributed by atoms with Crippen LogP contribution in [0.3, 0.4) is 0 Å². The molecule has 4 rings (SSSR count). The van der Waals surface area contributed by atoms with Crippen molar-refractivity contribution in [2.45, 2.75) is 0 Å². The summed E-state index contributed by atoms with van der Waals surface area (Å²) in [4.78, 5) is 22.6. The minimum Gasteiger partial charge on any atom is -0.268 e. The van der Waals surface area contributed by atoms with Crippen molar-refractivity contribution >= 4 is 45.3 Å². The number of rotatable bonds is 3. The second-order valence-electron chi connectivity index (χ2n) is 5.17. The zero-order valence-electron chi connectivity index (χ0n) is 14.8. The molecule has 5 nitrogen and oxygen atoms in total. The maximum absolute atomic E-state index is 4.79. The number of hydrogen-bond acceptors (Lipinski definition) is 6. The second-order valence-corrected chi connectivity index (χ2v) is 7.14. The highest BCUT2D eigenvalue weighted by Crippen LogP contribution is 2.36. The predicted octanol–water partition coefficient (Wildman–Crippen LogP) is 5.36. The number of aliphatic imine (C=N–C) groups is 2. The highest BCUT2D eigenvalue weighted by atomic mass is 32.1. The number of pyridine rings is 2. The van der Waals surface area contributed by atoms with E-state index in [9.17, 15) is 0 Å². The van der Waals surface area contributed by atoms with E-state index in [1.807, 2.05) is 30.6 Å². The Hall–Kier alpha value is -3.03. The van der Waals surface area contributed by atoms with Crippen molar-refractivity contribution in [3.8, 4) is 21.1 Å². The lowest BCUT2D eigenvalue weighted by Gasteiger charge is -2.04. The van der Waals surface area contributed by atoms with Gasteiger partial charge in [-0.2, -0.15) is 0 Å². The van der Waals surface area contributed by atoms with Gasteiger partial charge in [0.25, 0.3) is 0 Å². The van der Waals surface area contributed by atoms with Crippen LogP contribution in [0.1, 0.15) is 5.69 Å². The number of nitrogens with zero attached hydrogens (tertiary/aromatic N) is 5. The van der Waals surface area contributed by atoms with E-state index in [-0.39, 0.29) is 0 Å². The Morgan fingerprint density at radius 1 is 1.19 bits per heavy atom. The highest BCUT2D eigenvalue weighted by molar-refractivity contribution is 7.19. The molecule has 27 heavy (non-hydrogen) atoms. The minimum atomic E-state index is 0.536. The molecule has 0 amide bonds. The monoisotopic (exact) mass is 391 g/mol. The standard InChI is InChI=1S/C18H13N5S2.C2H4/c1-19-17(20-2)13-8-14-12(5-7-24-14)16(23-13)15-10-22-18(25-15)11-4-3-6-21-9-11;1-2/h3-10H,1H2,2H3;1-2H2. The Morgan fingerprint density at radius 2 is 2.04 bits per heavy atom. The minimum absolute atomic E-state index is 0.536. The molecule has 0 saturated carbocycles. The van der Waals surface area contributed by atoms with Crippen molar-refractivity contribution in [2.75, 3.05) is 7.05 Å². The average Bonchev–Trinajstić information content (AvgIpc) is 3.40. The summed E-state index contributed by atoms with van der Waals surface area (Å²) in [6.45, 7) is 9.59. The van der Waals surface area contributed by atoms with Crippen LogP contribution in [0.4, 0.5) is 0 Å². The van der Waals surface area contributed by atoms with Gasteiger partial charge in [0.1, 0.15) is 10.7 Å². The molecule has 0 bridgehead atoms. The molecule has 0 aliphatic carbocycles. The van der Waals surface area contributed by atoms with Gasteiger partial charge in [-0.15, -0.1) is 35.8 Å². The van der Waals surface area contributed by atoms with Crippen LogP contribution < -0.4 is 0 Å². The Labute approximate surface area is 165 Å². The molecule has 0 aliphatic rings. The number of fused-ring (bicyclic) bond motifs is 1. The summed E-state index contributed by atoms with van der Waals surface area (Å²) in [5.74, 6) is 0.536. The van der Waals surface area contributed by atoms with E-state index >= 15 is 0 Å². The quantitative estimate of drug-likeness (QED) is 0.268. The Bertz CT molecular complexity index is 1100. The number of hydrogen-bond donors (Lipinski definition) is 0. The molecular weight excluding hydrogens is 374 g/mol. The summed E-state index contributed by atoms with van der Waals surface area (Å²) in [5.41, 5.74) is 2.62. The van der Waals surface area contributed by atoms with Crippen LogP contribution in [0.25, 0.3) is 31.2 Å². The van der Waals surface area contributed by atoms with E-state index in [1.54, 1.807) is 35.9 Å². The molecule has 0 saturated heterocycles. The summed E-state index contributed by atoms with van der Waals surface area (Å²) >= 11 is 3.27. The molecule has 0 aliphatic heterocycles. The molecule has 4 aromatic heterocycles. The number of amidine groups is 1. The Balaban J connectivity index is 0.00000102. The molecule has 0 N–H and O–H groups in total. The molecule has 0 aromatic carbocycles. The highest BCUT2D eigenvalue weighted by Gasteiger charge is 2.15. The van der Waals surface area contributed by atoms with Gasteiger partial charge >= 0.3 is 0 Å². The van der Waals surface area contributed by atoms with Crippen LogP contribution in [0.15, 0.2) is 71.4 Å². The van der Waals surface area contributed by atoms with Gasteiger partial charge in [-0.25, -0.2) is 15.0 Å². The normalized spacial score (nSPS) is 11.1. The van der Waals surface area contributed by atoms with Crippen LogP contribution in [-0.2, 0) is 0 Å². The first-order valence-corrected chi connectivity index (χ1v) is 9.68. The van der Waals surface area contributed by atoms with Crippen molar-refractivity contribution in [1.82, 2.24) is 15.0 Å². The van der Waals surface area contributed by atoms with Gasteiger partial charge in [0.2, 0.25) is 0 Å². The van der Waals surface area contributed by atoms with Gasteiger partial charge in [0, 0.05) is 41.3 Å². The average molecular weight is 392 g/mol. The van der Waals surface area contributed by atoms with E-state index in [1.165, 1.54) is 0 Å². The topological polar surface area (TPSA) is 63.4 Å². The maximum Gasteiger partial charge on any atom is 0.172 e. The van der Waals surface area contributed by atoms with Crippen molar-refractivity contribution in [3.63, 3.8) is 0 Å². The predicted molar refractivity (Wildman–Crippen MR) is 117 cm³/mol. The lowest BCUT2D eigenvalue weighted by molar-refractivity contribution is 1.28. The lowest BCUT2D eigenvalue weighted by atomic mass is 10.2. The lowest BCUT2D eigenvalue weighted by Crippen LogP contribution is -2.01.